The van der Waals surface area contributed by atoms with Crippen LogP contribution in [0, 0.1) is 11.3 Å². The molecule has 224 valence electrons. The first kappa shape index (κ1) is 30.8. The third-order valence-corrected chi connectivity index (χ3v) is 8.40. The highest BCUT2D eigenvalue weighted by Gasteiger charge is 2.26. The van der Waals surface area contributed by atoms with Crippen molar-refractivity contribution in [2.45, 2.75) is 19.3 Å². The van der Waals surface area contributed by atoms with Crippen LogP contribution in [0.4, 0.5) is 11.8 Å². The van der Waals surface area contributed by atoms with E-state index in [2.05, 4.69) is 63.8 Å². The summed E-state index contributed by atoms with van der Waals surface area (Å²) in [5.74, 6) is 1.33. The SMILES string of the molecule is CC(C)(c1ccc(-c2ccc3nc(NS(C)(=O)=O)nc(N4CCOCC4)c3c2)cc1)c1cc(Cl)c(OCCCl)c(C#N)c1. The molecule has 5 rings (SSSR count). The van der Waals surface area contributed by atoms with E-state index in [1.807, 2.05) is 30.3 Å². The maximum atomic E-state index is 11.9. The molecular formula is C31H31Cl2N5O4S. The number of hydrogen-bond donors (Lipinski definition) is 1. The highest BCUT2D eigenvalue weighted by atomic mass is 35.5. The van der Waals surface area contributed by atoms with E-state index >= 15 is 0 Å². The van der Waals surface area contributed by atoms with Crippen LogP contribution in [0.5, 0.6) is 5.75 Å². The van der Waals surface area contributed by atoms with Crippen molar-refractivity contribution in [1.82, 2.24) is 9.97 Å². The lowest BCUT2D eigenvalue weighted by Crippen LogP contribution is -2.37. The van der Waals surface area contributed by atoms with Crippen LogP contribution in [0.25, 0.3) is 22.0 Å². The molecule has 0 saturated carbocycles. The Morgan fingerprint density at radius 3 is 2.40 bits per heavy atom. The second kappa shape index (κ2) is 12.5. The van der Waals surface area contributed by atoms with Crippen LogP contribution in [0.3, 0.4) is 0 Å². The summed E-state index contributed by atoms with van der Waals surface area (Å²) in [6.07, 6.45) is 1.08. The summed E-state index contributed by atoms with van der Waals surface area (Å²) in [6.45, 7) is 6.80. The molecule has 9 nitrogen and oxygen atoms in total. The van der Waals surface area contributed by atoms with Crippen molar-refractivity contribution in [2.75, 3.05) is 54.7 Å². The number of fused-ring (bicyclic) bond motifs is 1. The van der Waals surface area contributed by atoms with Gasteiger partial charge in [-0.3, -0.25) is 4.72 Å². The Labute approximate surface area is 261 Å². The first-order valence-corrected chi connectivity index (χ1v) is 16.5. The van der Waals surface area contributed by atoms with Gasteiger partial charge in [0, 0.05) is 23.9 Å². The molecule has 0 unspecified atom stereocenters. The van der Waals surface area contributed by atoms with Crippen molar-refractivity contribution in [1.29, 1.82) is 5.26 Å². The molecule has 3 aromatic carbocycles. The van der Waals surface area contributed by atoms with Crippen LogP contribution in [0.1, 0.15) is 30.5 Å². The summed E-state index contributed by atoms with van der Waals surface area (Å²) in [5.41, 5.74) is 4.43. The Morgan fingerprint density at radius 2 is 1.74 bits per heavy atom. The summed E-state index contributed by atoms with van der Waals surface area (Å²) in [4.78, 5) is 11.1. The van der Waals surface area contributed by atoms with Gasteiger partial charge in [0.2, 0.25) is 16.0 Å². The average molecular weight is 641 g/mol. The minimum atomic E-state index is -3.55. The molecule has 1 aliphatic rings. The van der Waals surface area contributed by atoms with Crippen LogP contribution < -0.4 is 14.4 Å². The maximum Gasteiger partial charge on any atom is 0.239 e. The van der Waals surface area contributed by atoms with Crippen molar-refractivity contribution in [3.05, 3.63) is 76.3 Å². The molecule has 1 fully saturated rings. The van der Waals surface area contributed by atoms with E-state index in [4.69, 9.17) is 32.7 Å². The molecule has 1 aromatic heterocycles. The second-order valence-electron chi connectivity index (χ2n) is 10.8. The molecule has 0 bridgehead atoms. The van der Waals surface area contributed by atoms with Gasteiger partial charge in [-0.05, 0) is 46.5 Å². The van der Waals surface area contributed by atoms with Crippen LogP contribution in [0.2, 0.25) is 5.02 Å². The molecule has 4 aromatic rings. The Kier molecular flexibility index (Phi) is 8.99. The van der Waals surface area contributed by atoms with Crippen LogP contribution in [-0.2, 0) is 20.2 Å². The molecule has 0 aliphatic carbocycles. The predicted octanol–water partition coefficient (Wildman–Crippen LogP) is 5.97. The molecule has 1 aliphatic heterocycles. The number of nitriles is 1. The number of nitrogens with zero attached hydrogens (tertiary/aromatic N) is 4. The van der Waals surface area contributed by atoms with Gasteiger partial charge in [0.25, 0.3) is 0 Å². The van der Waals surface area contributed by atoms with Gasteiger partial charge in [-0.25, -0.2) is 13.4 Å². The van der Waals surface area contributed by atoms with E-state index in [0.717, 1.165) is 33.9 Å². The van der Waals surface area contributed by atoms with Gasteiger partial charge in [0.05, 0.1) is 41.5 Å². The average Bonchev–Trinajstić information content (AvgIpc) is 2.99. The van der Waals surface area contributed by atoms with Crippen molar-refractivity contribution < 1.29 is 17.9 Å². The van der Waals surface area contributed by atoms with Crippen molar-refractivity contribution in [2.24, 2.45) is 0 Å². The Hall–Kier alpha value is -3.62. The molecule has 0 atom stereocenters. The lowest BCUT2D eigenvalue weighted by Gasteiger charge is -2.29. The fourth-order valence-electron chi connectivity index (χ4n) is 5.09. The number of hydrogen-bond acceptors (Lipinski definition) is 8. The van der Waals surface area contributed by atoms with E-state index in [9.17, 15) is 13.7 Å². The largest absolute Gasteiger partial charge is 0.489 e. The molecule has 0 spiro atoms. The molecule has 2 heterocycles. The van der Waals surface area contributed by atoms with Crippen molar-refractivity contribution in [3.63, 3.8) is 0 Å². The fraction of sp³-hybridized carbons (Fsp3) is 0.323. The van der Waals surface area contributed by atoms with E-state index in [0.29, 0.717) is 59.9 Å². The van der Waals surface area contributed by atoms with E-state index in [1.54, 1.807) is 0 Å². The minimum absolute atomic E-state index is 0.0362. The third-order valence-electron chi connectivity index (χ3n) is 7.41. The highest BCUT2D eigenvalue weighted by molar-refractivity contribution is 7.92. The topological polar surface area (TPSA) is 117 Å². The highest BCUT2D eigenvalue weighted by Crippen LogP contribution is 2.39. The van der Waals surface area contributed by atoms with Gasteiger partial charge in [0.15, 0.2) is 5.75 Å². The number of nitrogens with one attached hydrogen (secondary N) is 1. The zero-order valence-corrected chi connectivity index (χ0v) is 26.4. The third kappa shape index (κ3) is 6.81. The van der Waals surface area contributed by atoms with E-state index < -0.39 is 15.4 Å². The summed E-state index contributed by atoms with van der Waals surface area (Å²) < 4.78 is 37.3. The minimum Gasteiger partial charge on any atom is -0.489 e. The smallest absolute Gasteiger partial charge is 0.239 e. The molecule has 1 N–H and O–H groups in total. The standard InChI is InChI=1S/C31H31Cl2N5O4S/c1-31(2,24-16-22(19-34)28(26(33)18-24)42-13-10-32)23-7-4-20(5-8-23)21-6-9-27-25(17-21)29(38-11-14-41-15-12-38)36-30(35-27)37-43(3,39)40/h4-9,16-18H,10-15H2,1-3H3,(H,35,36,37). The molecule has 0 amide bonds. The number of aromatic nitrogens is 2. The normalized spacial score (nSPS) is 14.0. The summed E-state index contributed by atoms with van der Waals surface area (Å²) in [7, 11) is -3.55. The number of anilines is 2. The Balaban J connectivity index is 1.50. The number of morpholine rings is 1. The van der Waals surface area contributed by atoms with Gasteiger partial charge >= 0.3 is 0 Å². The van der Waals surface area contributed by atoms with Crippen LogP contribution in [-0.4, -0.2) is 63.4 Å². The first-order chi connectivity index (χ1) is 20.5. The fourth-order valence-corrected chi connectivity index (χ4v) is 5.86. The van der Waals surface area contributed by atoms with Crippen LogP contribution in [0.15, 0.2) is 54.6 Å². The maximum absolute atomic E-state index is 11.9. The first-order valence-electron chi connectivity index (χ1n) is 13.7. The molecule has 12 heteroatoms. The molecule has 1 saturated heterocycles. The van der Waals surface area contributed by atoms with Gasteiger partial charge in [-0.1, -0.05) is 55.8 Å². The Morgan fingerprint density at radius 1 is 1.05 bits per heavy atom. The second-order valence-corrected chi connectivity index (χ2v) is 13.3. The van der Waals surface area contributed by atoms with Gasteiger partial charge < -0.3 is 14.4 Å². The van der Waals surface area contributed by atoms with Gasteiger partial charge in [-0.15, -0.1) is 11.6 Å². The summed E-state index contributed by atoms with van der Waals surface area (Å²) in [5, 5.41) is 10.9. The zero-order chi connectivity index (χ0) is 30.8. The molecular weight excluding hydrogens is 609 g/mol. The number of sulfonamides is 1. The number of ether oxygens (including phenoxy) is 2. The summed E-state index contributed by atoms with van der Waals surface area (Å²) >= 11 is 12.3. The van der Waals surface area contributed by atoms with E-state index in [1.165, 1.54) is 0 Å². The zero-order valence-electron chi connectivity index (χ0n) is 24.0. The molecule has 0 radical (unpaired) electrons. The lowest BCUT2D eigenvalue weighted by atomic mass is 9.77. The van der Waals surface area contributed by atoms with E-state index in [-0.39, 0.29) is 12.6 Å². The van der Waals surface area contributed by atoms with Crippen molar-refractivity contribution in [3.8, 4) is 22.9 Å². The number of halogens is 2. The lowest BCUT2D eigenvalue weighted by molar-refractivity contribution is 0.122. The van der Waals surface area contributed by atoms with Gasteiger partial charge in [0.1, 0.15) is 18.5 Å². The monoisotopic (exact) mass is 639 g/mol. The van der Waals surface area contributed by atoms with Crippen molar-refractivity contribution >= 4 is 55.9 Å². The number of alkyl halides is 1. The quantitative estimate of drug-likeness (QED) is 0.222. The molecule has 43 heavy (non-hydrogen) atoms. The van der Waals surface area contributed by atoms with Crippen LogP contribution >= 0.6 is 23.2 Å². The van der Waals surface area contributed by atoms with Gasteiger partial charge in [-0.2, -0.15) is 10.2 Å². The number of benzene rings is 3. The predicted molar refractivity (Wildman–Crippen MR) is 171 cm³/mol. The number of rotatable bonds is 9. The Bertz CT molecular complexity index is 1800. The summed E-state index contributed by atoms with van der Waals surface area (Å²) in [6, 6.07) is 19.9.